The maximum Gasteiger partial charge on any atom is 0.238 e. The van der Waals surface area contributed by atoms with E-state index in [1.807, 2.05) is 49.4 Å². The molecule has 1 unspecified atom stereocenters. The van der Waals surface area contributed by atoms with Crippen LogP contribution in [0.15, 0.2) is 42.5 Å². The molecule has 2 aromatic rings. The number of ether oxygens (including phenoxy) is 1. The minimum Gasteiger partial charge on any atom is -0.495 e. The van der Waals surface area contributed by atoms with E-state index in [2.05, 4.69) is 12.2 Å². The highest BCUT2D eigenvalue weighted by Crippen LogP contribution is 2.46. The van der Waals surface area contributed by atoms with Crippen molar-refractivity contribution in [2.24, 2.45) is 0 Å². The number of benzene rings is 2. The van der Waals surface area contributed by atoms with Gasteiger partial charge in [0.2, 0.25) is 11.8 Å². The van der Waals surface area contributed by atoms with Crippen LogP contribution < -0.4 is 15.0 Å². The second-order valence-electron chi connectivity index (χ2n) is 7.55. The summed E-state index contributed by atoms with van der Waals surface area (Å²) in [6, 6.07) is 13.6. The van der Waals surface area contributed by atoms with Gasteiger partial charge in [-0.2, -0.15) is 0 Å². The van der Waals surface area contributed by atoms with E-state index in [0.29, 0.717) is 17.9 Å². The van der Waals surface area contributed by atoms with E-state index in [1.54, 1.807) is 23.8 Å². The third-order valence-electron chi connectivity index (χ3n) is 5.22. The quantitative estimate of drug-likeness (QED) is 0.523. The SMILES string of the molecule is CCCCCCC(=O)Nc1ccccc1C1SCC(=O)N1c1cc(C)ccc1OC. The molecular weight excluding hydrogens is 396 g/mol. The predicted octanol–water partition coefficient (Wildman–Crippen LogP) is 5.69. The summed E-state index contributed by atoms with van der Waals surface area (Å²) in [6.45, 7) is 4.16. The van der Waals surface area contributed by atoms with E-state index >= 15 is 0 Å². The Morgan fingerprint density at radius 2 is 2.00 bits per heavy atom. The van der Waals surface area contributed by atoms with Gasteiger partial charge in [0.25, 0.3) is 0 Å². The topological polar surface area (TPSA) is 58.6 Å². The molecule has 1 atom stereocenters. The molecule has 1 heterocycles. The number of methoxy groups -OCH3 is 1. The number of carbonyl (C=O) groups is 2. The molecule has 0 aromatic heterocycles. The third kappa shape index (κ3) is 5.17. The van der Waals surface area contributed by atoms with Gasteiger partial charge in [-0.15, -0.1) is 11.8 Å². The lowest BCUT2D eigenvalue weighted by molar-refractivity contribution is -0.116. The first-order valence-corrected chi connectivity index (χ1v) is 11.6. The summed E-state index contributed by atoms with van der Waals surface area (Å²) in [6.07, 6.45) is 4.78. The number of thioether (sulfide) groups is 1. The molecule has 1 aliphatic heterocycles. The van der Waals surface area contributed by atoms with Crippen LogP contribution in [0.2, 0.25) is 0 Å². The molecule has 5 nitrogen and oxygen atoms in total. The molecule has 0 saturated carbocycles. The molecule has 160 valence electrons. The maximum atomic E-state index is 12.8. The van der Waals surface area contributed by atoms with Crippen molar-refractivity contribution < 1.29 is 14.3 Å². The summed E-state index contributed by atoms with van der Waals surface area (Å²) in [5.74, 6) is 1.11. The van der Waals surface area contributed by atoms with Gasteiger partial charge in [-0.05, 0) is 37.1 Å². The molecule has 1 aliphatic rings. The number of unbranched alkanes of at least 4 members (excludes halogenated alkanes) is 3. The second-order valence-corrected chi connectivity index (χ2v) is 8.62. The molecular formula is C24H30N2O3S. The van der Waals surface area contributed by atoms with Gasteiger partial charge in [0.15, 0.2) is 0 Å². The summed E-state index contributed by atoms with van der Waals surface area (Å²) in [5.41, 5.74) is 3.52. The molecule has 30 heavy (non-hydrogen) atoms. The van der Waals surface area contributed by atoms with Crippen LogP contribution in [0.4, 0.5) is 11.4 Å². The summed E-state index contributed by atoms with van der Waals surface area (Å²) >= 11 is 1.57. The lowest BCUT2D eigenvalue weighted by atomic mass is 10.1. The molecule has 1 fully saturated rings. The Balaban J connectivity index is 1.85. The number of carbonyl (C=O) groups excluding carboxylic acids is 2. The zero-order valence-electron chi connectivity index (χ0n) is 17.9. The number of hydrogen-bond acceptors (Lipinski definition) is 4. The Bertz CT molecular complexity index is 900. The second kappa shape index (κ2) is 10.5. The molecule has 6 heteroatoms. The lowest BCUT2D eigenvalue weighted by Crippen LogP contribution is -2.29. The molecule has 0 aliphatic carbocycles. The van der Waals surface area contributed by atoms with E-state index in [0.717, 1.165) is 48.2 Å². The van der Waals surface area contributed by atoms with Crippen molar-refractivity contribution in [1.82, 2.24) is 0 Å². The molecule has 2 amide bonds. The fourth-order valence-corrected chi connectivity index (χ4v) is 4.86. The van der Waals surface area contributed by atoms with Crippen LogP contribution in [-0.4, -0.2) is 24.7 Å². The standard InChI is InChI=1S/C24H30N2O3S/c1-4-5-6-7-12-22(27)25-19-11-9-8-10-18(19)24-26(23(28)16-30-24)20-15-17(2)13-14-21(20)29-3/h8-11,13-15,24H,4-7,12,16H2,1-3H3,(H,25,27). The van der Waals surface area contributed by atoms with Gasteiger partial charge in [-0.3, -0.25) is 14.5 Å². The van der Waals surface area contributed by atoms with E-state index in [1.165, 1.54) is 0 Å². The van der Waals surface area contributed by atoms with Gasteiger partial charge >= 0.3 is 0 Å². The smallest absolute Gasteiger partial charge is 0.238 e. The Hall–Kier alpha value is -2.47. The number of aryl methyl sites for hydroxylation is 1. The van der Waals surface area contributed by atoms with E-state index in [4.69, 9.17) is 4.74 Å². The van der Waals surface area contributed by atoms with Gasteiger partial charge in [-0.25, -0.2) is 0 Å². The zero-order valence-corrected chi connectivity index (χ0v) is 18.8. The average molecular weight is 427 g/mol. The van der Waals surface area contributed by atoms with E-state index in [-0.39, 0.29) is 17.2 Å². The number of amides is 2. The van der Waals surface area contributed by atoms with Crippen LogP contribution in [0.3, 0.4) is 0 Å². The summed E-state index contributed by atoms with van der Waals surface area (Å²) in [4.78, 5) is 27.1. The Kier molecular flexibility index (Phi) is 7.80. The first kappa shape index (κ1) is 22.2. The third-order valence-corrected chi connectivity index (χ3v) is 6.41. The number of para-hydroxylation sites is 1. The normalized spacial score (nSPS) is 16.0. The Morgan fingerprint density at radius 3 is 2.77 bits per heavy atom. The van der Waals surface area contributed by atoms with Crippen LogP contribution in [0.5, 0.6) is 5.75 Å². The fraction of sp³-hybridized carbons (Fsp3) is 0.417. The van der Waals surface area contributed by atoms with Gasteiger partial charge < -0.3 is 10.1 Å². The van der Waals surface area contributed by atoms with Crippen LogP contribution in [0, 0.1) is 6.92 Å². The van der Waals surface area contributed by atoms with Crippen LogP contribution in [-0.2, 0) is 9.59 Å². The van der Waals surface area contributed by atoms with Crippen molar-refractivity contribution in [3.63, 3.8) is 0 Å². The lowest BCUT2D eigenvalue weighted by Gasteiger charge is -2.27. The number of anilines is 2. The molecule has 0 spiro atoms. The van der Waals surface area contributed by atoms with Crippen molar-refractivity contribution in [2.75, 3.05) is 23.1 Å². The highest BCUT2D eigenvalue weighted by Gasteiger charge is 2.37. The fourth-order valence-electron chi connectivity index (χ4n) is 3.65. The van der Waals surface area contributed by atoms with Gasteiger partial charge in [0.1, 0.15) is 11.1 Å². The minimum absolute atomic E-state index is 0.0209. The van der Waals surface area contributed by atoms with Crippen LogP contribution >= 0.6 is 11.8 Å². The first-order chi connectivity index (χ1) is 14.5. The summed E-state index contributed by atoms with van der Waals surface area (Å²) < 4.78 is 5.53. The summed E-state index contributed by atoms with van der Waals surface area (Å²) in [7, 11) is 1.61. The zero-order chi connectivity index (χ0) is 21.5. The molecule has 0 radical (unpaired) electrons. The number of rotatable bonds is 9. The van der Waals surface area contributed by atoms with E-state index in [9.17, 15) is 9.59 Å². The van der Waals surface area contributed by atoms with Crippen LogP contribution in [0.25, 0.3) is 0 Å². The predicted molar refractivity (Wildman–Crippen MR) is 124 cm³/mol. The van der Waals surface area contributed by atoms with Crippen molar-refractivity contribution in [3.8, 4) is 5.75 Å². The Labute approximate surface area is 183 Å². The largest absolute Gasteiger partial charge is 0.495 e. The molecule has 3 rings (SSSR count). The number of nitrogens with zero attached hydrogens (tertiary/aromatic N) is 1. The molecule has 1 N–H and O–H groups in total. The van der Waals surface area contributed by atoms with Crippen molar-refractivity contribution in [3.05, 3.63) is 53.6 Å². The number of hydrogen-bond donors (Lipinski definition) is 1. The van der Waals surface area contributed by atoms with E-state index < -0.39 is 0 Å². The van der Waals surface area contributed by atoms with Crippen molar-refractivity contribution >= 4 is 35.0 Å². The van der Waals surface area contributed by atoms with Gasteiger partial charge in [0, 0.05) is 17.7 Å². The summed E-state index contributed by atoms with van der Waals surface area (Å²) in [5, 5.41) is 2.85. The monoisotopic (exact) mass is 426 g/mol. The van der Waals surface area contributed by atoms with Gasteiger partial charge in [-0.1, -0.05) is 50.5 Å². The van der Waals surface area contributed by atoms with Crippen molar-refractivity contribution in [2.45, 2.75) is 51.3 Å². The van der Waals surface area contributed by atoms with Gasteiger partial charge in [0.05, 0.1) is 18.6 Å². The molecule has 0 bridgehead atoms. The Morgan fingerprint density at radius 1 is 1.20 bits per heavy atom. The highest BCUT2D eigenvalue weighted by molar-refractivity contribution is 8.00. The first-order valence-electron chi connectivity index (χ1n) is 10.5. The minimum atomic E-state index is -0.218. The molecule has 2 aromatic carbocycles. The maximum absolute atomic E-state index is 12.8. The number of nitrogens with one attached hydrogen (secondary N) is 1. The molecule has 1 saturated heterocycles. The van der Waals surface area contributed by atoms with Crippen LogP contribution in [0.1, 0.15) is 55.5 Å². The highest BCUT2D eigenvalue weighted by atomic mass is 32.2. The average Bonchev–Trinajstić information content (AvgIpc) is 3.12. The van der Waals surface area contributed by atoms with Crippen molar-refractivity contribution in [1.29, 1.82) is 0 Å².